The van der Waals surface area contributed by atoms with E-state index < -0.39 is 0 Å². The van der Waals surface area contributed by atoms with Crippen molar-refractivity contribution in [3.63, 3.8) is 0 Å². The summed E-state index contributed by atoms with van der Waals surface area (Å²) in [5.41, 5.74) is 0. The van der Waals surface area contributed by atoms with E-state index in [0.717, 1.165) is 13.0 Å². The first-order chi connectivity index (χ1) is 15.3. The van der Waals surface area contributed by atoms with Crippen LogP contribution < -0.4 is 5.32 Å². The second kappa shape index (κ2) is 44.1. The van der Waals surface area contributed by atoms with Crippen LogP contribution in [0.25, 0.3) is 0 Å². The van der Waals surface area contributed by atoms with Crippen LogP contribution >= 0.6 is 0 Å². The van der Waals surface area contributed by atoms with Crippen molar-refractivity contribution < 1.29 is 19.0 Å². The maximum absolute atomic E-state index is 11.4. The molecule has 0 bridgehead atoms. The number of nitrogens with one attached hydrogen (secondary N) is 1. The van der Waals surface area contributed by atoms with Crippen molar-refractivity contribution in [2.24, 2.45) is 11.8 Å². The van der Waals surface area contributed by atoms with E-state index in [1.807, 2.05) is 27.7 Å². The minimum Gasteiger partial charge on any atom is -0.379 e. The van der Waals surface area contributed by atoms with Crippen LogP contribution in [0.2, 0.25) is 0 Å². The molecule has 0 radical (unpaired) electrons. The Labute approximate surface area is 203 Å². The monoisotopic (exact) mass is 465 g/mol. The van der Waals surface area contributed by atoms with Crippen LogP contribution in [0.3, 0.4) is 0 Å². The Morgan fingerprint density at radius 2 is 0.969 bits per heavy atom. The van der Waals surface area contributed by atoms with E-state index in [-0.39, 0.29) is 5.91 Å². The van der Waals surface area contributed by atoms with E-state index in [1.54, 1.807) is 0 Å². The van der Waals surface area contributed by atoms with E-state index >= 15 is 0 Å². The van der Waals surface area contributed by atoms with Gasteiger partial charge in [-0.1, -0.05) is 102 Å². The van der Waals surface area contributed by atoms with Crippen molar-refractivity contribution in [2.75, 3.05) is 46.2 Å². The quantitative estimate of drug-likeness (QED) is 0.269. The van der Waals surface area contributed by atoms with Crippen LogP contribution in [-0.4, -0.2) is 52.1 Å². The molecule has 0 heterocycles. The summed E-state index contributed by atoms with van der Waals surface area (Å²) in [5.74, 6) is 1.16. The summed E-state index contributed by atoms with van der Waals surface area (Å²) >= 11 is 0. The highest BCUT2D eigenvalue weighted by molar-refractivity contribution is 5.75. The molecular weight excluding hydrogens is 402 g/mol. The van der Waals surface area contributed by atoms with Crippen molar-refractivity contribution >= 4 is 5.91 Å². The molecule has 0 aliphatic carbocycles. The van der Waals surface area contributed by atoms with Gasteiger partial charge in [0.05, 0.1) is 33.0 Å². The molecule has 0 aromatic heterocycles. The molecule has 0 rings (SSSR count). The Bertz CT molecular complexity index is 280. The van der Waals surface area contributed by atoms with E-state index in [9.17, 15) is 4.79 Å². The Kier molecular flexibility index (Phi) is 57.3. The summed E-state index contributed by atoms with van der Waals surface area (Å²) < 4.78 is 16.2. The second-order valence-electron chi connectivity index (χ2n) is 8.09. The molecule has 0 fully saturated rings. The first kappa shape index (κ1) is 41.6. The molecule has 5 nitrogen and oxygen atoms in total. The average molecular weight is 466 g/mol. The summed E-state index contributed by atoms with van der Waals surface area (Å²) in [6.07, 6.45) is 5.41. The molecule has 0 unspecified atom stereocenters. The lowest BCUT2D eigenvalue weighted by Crippen LogP contribution is -2.28. The molecule has 5 heteroatoms. The molecule has 0 aliphatic rings. The predicted molar refractivity (Wildman–Crippen MR) is 144 cm³/mol. The summed E-state index contributed by atoms with van der Waals surface area (Å²) in [6, 6.07) is 0. The summed E-state index contributed by atoms with van der Waals surface area (Å²) in [4.78, 5) is 11.4. The molecule has 0 spiro atoms. The van der Waals surface area contributed by atoms with E-state index in [2.05, 4.69) is 60.7 Å². The fourth-order valence-electron chi connectivity index (χ4n) is 1.57. The highest BCUT2D eigenvalue weighted by Gasteiger charge is 2.03. The molecule has 0 aromatic carbocycles. The van der Waals surface area contributed by atoms with Crippen LogP contribution in [0, 0.1) is 11.8 Å². The van der Waals surface area contributed by atoms with Gasteiger partial charge >= 0.3 is 0 Å². The van der Waals surface area contributed by atoms with Gasteiger partial charge in [-0.3, -0.25) is 4.79 Å². The smallest absolute Gasteiger partial charge is 0.220 e. The van der Waals surface area contributed by atoms with Crippen LogP contribution in [0.15, 0.2) is 0 Å². The highest BCUT2D eigenvalue weighted by Crippen LogP contribution is 1.98. The van der Waals surface area contributed by atoms with E-state index in [4.69, 9.17) is 14.2 Å². The Hall–Kier alpha value is -0.650. The van der Waals surface area contributed by atoms with Gasteiger partial charge in [-0.05, 0) is 18.3 Å². The van der Waals surface area contributed by atoms with Crippen molar-refractivity contribution in [3.8, 4) is 0 Å². The number of rotatable bonds is 14. The van der Waals surface area contributed by atoms with E-state index in [0.29, 0.717) is 57.8 Å². The Morgan fingerprint density at radius 3 is 1.31 bits per heavy atom. The number of hydrogen-bond acceptors (Lipinski definition) is 4. The third kappa shape index (κ3) is 70.1. The largest absolute Gasteiger partial charge is 0.379 e. The van der Waals surface area contributed by atoms with Crippen molar-refractivity contribution in [1.29, 1.82) is 0 Å². The van der Waals surface area contributed by atoms with Crippen LogP contribution in [0.1, 0.15) is 115 Å². The molecular formula is C27H63NO4. The third-order valence-electron chi connectivity index (χ3n) is 2.75. The first-order valence-corrected chi connectivity index (χ1v) is 13.3. The molecule has 0 atom stereocenters. The van der Waals surface area contributed by atoms with Crippen molar-refractivity contribution in [3.05, 3.63) is 0 Å². The zero-order valence-electron chi connectivity index (χ0n) is 24.3. The standard InChI is InChI=1S/C16H33NO4.3C3H8.C2H6/c1-14(2)5-7-19-9-11-21-12-10-20-8-6-17-16(18)13-15(3)4;3*1-3-2;1-2/h14-15H,5-13H2,1-4H3,(H,17,18);3*3H2,1-2H3;1-2H3. The Morgan fingerprint density at radius 1 is 0.625 bits per heavy atom. The predicted octanol–water partition coefficient (Wildman–Crippen LogP) is 7.52. The highest BCUT2D eigenvalue weighted by atomic mass is 16.5. The minimum absolute atomic E-state index is 0.0865. The van der Waals surface area contributed by atoms with Gasteiger partial charge in [0.1, 0.15) is 0 Å². The van der Waals surface area contributed by atoms with Gasteiger partial charge in [0.15, 0.2) is 0 Å². The lowest BCUT2D eigenvalue weighted by atomic mass is 10.1. The number of carbonyl (C=O) groups excluding carboxylic acids is 1. The minimum atomic E-state index is 0.0865. The third-order valence-corrected chi connectivity index (χ3v) is 2.75. The summed E-state index contributed by atoms with van der Waals surface area (Å²) in [7, 11) is 0. The van der Waals surface area contributed by atoms with Crippen molar-refractivity contribution in [1.82, 2.24) is 5.32 Å². The molecule has 0 saturated heterocycles. The molecule has 0 aromatic rings. The van der Waals surface area contributed by atoms with Gasteiger partial charge in [0.2, 0.25) is 5.91 Å². The number of ether oxygens (including phenoxy) is 3. The second-order valence-corrected chi connectivity index (χ2v) is 8.09. The zero-order chi connectivity index (χ0) is 26.0. The van der Waals surface area contributed by atoms with Crippen LogP contribution in [-0.2, 0) is 19.0 Å². The molecule has 200 valence electrons. The van der Waals surface area contributed by atoms with Crippen molar-refractivity contribution in [2.45, 2.75) is 115 Å². The van der Waals surface area contributed by atoms with E-state index in [1.165, 1.54) is 19.3 Å². The number of carbonyl (C=O) groups is 1. The molecule has 0 aliphatic heterocycles. The average Bonchev–Trinajstić information content (AvgIpc) is 2.71. The summed E-state index contributed by atoms with van der Waals surface area (Å²) in [5, 5.41) is 2.82. The molecule has 1 N–H and O–H groups in total. The summed E-state index contributed by atoms with van der Waals surface area (Å²) in [6.45, 7) is 29.4. The first-order valence-electron chi connectivity index (χ1n) is 13.3. The SMILES string of the molecule is CC.CC(C)CCOCCOCCOCCNC(=O)CC(C)C.CCC.CCC.CCC. The lowest BCUT2D eigenvalue weighted by Gasteiger charge is -2.09. The molecule has 32 heavy (non-hydrogen) atoms. The van der Waals surface area contributed by atoms with Gasteiger partial charge in [-0.15, -0.1) is 0 Å². The fraction of sp³-hybridized carbons (Fsp3) is 0.963. The fourth-order valence-corrected chi connectivity index (χ4v) is 1.57. The maximum Gasteiger partial charge on any atom is 0.220 e. The topological polar surface area (TPSA) is 56.8 Å². The lowest BCUT2D eigenvalue weighted by molar-refractivity contribution is -0.122. The number of hydrogen-bond donors (Lipinski definition) is 1. The van der Waals surface area contributed by atoms with Gasteiger partial charge in [-0.2, -0.15) is 0 Å². The Balaban J connectivity index is -0.000000185. The molecule has 1 amide bonds. The molecule has 0 saturated carbocycles. The van der Waals surface area contributed by atoms with Gasteiger partial charge < -0.3 is 19.5 Å². The van der Waals surface area contributed by atoms with Gasteiger partial charge in [0, 0.05) is 19.6 Å². The van der Waals surface area contributed by atoms with Gasteiger partial charge in [0.25, 0.3) is 0 Å². The van der Waals surface area contributed by atoms with Crippen LogP contribution in [0.5, 0.6) is 0 Å². The number of amides is 1. The normalized spacial score (nSPS) is 9.31. The maximum atomic E-state index is 11.4. The van der Waals surface area contributed by atoms with Crippen LogP contribution in [0.4, 0.5) is 0 Å². The zero-order valence-corrected chi connectivity index (χ0v) is 24.3. The van der Waals surface area contributed by atoms with Gasteiger partial charge in [-0.25, -0.2) is 0 Å².